The van der Waals surface area contributed by atoms with E-state index in [4.69, 9.17) is 0 Å². The number of benzene rings is 3. The zero-order chi connectivity index (χ0) is 16.0. The van der Waals surface area contributed by atoms with Crippen molar-refractivity contribution >= 4 is 28.6 Å². The summed E-state index contributed by atoms with van der Waals surface area (Å²) in [5, 5.41) is 13.1. The molecule has 3 aromatic carbocycles. The monoisotopic (exact) mass is 314 g/mol. The van der Waals surface area contributed by atoms with Crippen molar-refractivity contribution in [2.75, 3.05) is 0 Å². The molecule has 0 saturated carbocycles. The Hall–Kier alpha value is -2.55. The van der Waals surface area contributed by atoms with Gasteiger partial charge in [-0.15, -0.1) is 0 Å². The first-order valence-electron chi connectivity index (χ1n) is 7.65. The Kier molecular flexibility index (Phi) is 4.77. The highest BCUT2D eigenvalue weighted by atomic mass is 31.2. The van der Waals surface area contributed by atoms with E-state index in [0.29, 0.717) is 6.42 Å². The number of hydrogen-bond donors (Lipinski definition) is 0. The quantitative estimate of drug-likeness (QED) is 0.674. The Balaban J connectivity index is 2.39. The van der Waals surface area contributed by atoms with Crippen LogP contribution in [-0.4, -0.2) is 5.80 Å². The molecule has 3 aromatic rings. The molecule has 112 valence electrons. The van der Waals surface area contributed by atoms with Crippen molar-refractivity contribution < 1.29 is 0 Å². The largest absolute Gasteiger partial charge is 0.198 e. The van der Waals surface area contributed by atoms with Crippen molar-refractivity contribution in [3.05, 3.63) is 91.0 Å². The molecule has 0 spiro atoms. The van der Waals surface area contributed by atoms with Gasteiger partial charge < -0.3 is 0 Å². The fourth-order valence-electron chi connectivity index (χ4n) is 2.93. The summed E-state index contributed by atoms with van der Waals surface area (Å²) in [5.74, 6) is 2.23. The van der Waals surface area contributed by atoms with Gasteiger partial charge in [0.2, 0.25) is 0 Å². The first-order chi connectivity index (χ1) is 11.4. The summed E-state index contributed by atoms with van der Waals surface area (Å²) in [7, 11) is 0. The molecule has 0 aliphatic heterocycles. The van der Waals surface area contributed by atoms with Crippen LogP contribution in [0.2, 0.25) is 0 Å². The van der Waals surface area contributed by atoms with Gasteiger partial charge in [-0.05, 0) is 22.8 Å². The molecule has 2 heteroatoms. The smallest absolute Gasteiger partial charge is 0.0664 e. The highest BCUT2D eigenvalue weighted by Crippen LogP contribution is 2.43. The molecule has 0 aliphatic rings. The van der Waals surface area contributed by atoms with Gasteiger partial charge in [0.05, 0.1) is 12.5 Å². The van der Waals surface area contributed by atoms with Crippen LogP contribution >= 0.6 is 6.89 Å². The minimum absolute atomic E-state index is 0.437. The molecule has 3 rings (SSSR count). The molecule has 0 radical (unpaired) electrons. The Morgan fingerprint density at radius 1 is 0.652 bits per heavy atom. The minimum Gasteiger partial charge on any atom is -0.198 e. The third kappa shape index (κ3) is 3.00. The van der Waals surface area contributed by atoms with Gasteiger partial charge in [0.15, 0.2) is 0 Å². The van der Waals surface area contributed by atoms with Gasteiger partial charge in [-0.2, -0.15) is 5.26 Å². The minimum atomic E-state index is -1.92. The second-order valence-corrected chi connectivity index (χ2v) is 8.63. The Morgan fingerprint density at radius 3 is 1.30 bits per heavy atom. The van der Waals surface area contributed by atoms with E-state index in [1.807, 2.05) is 18.2 Å². The lowest BCUT2D eigenvalue weighted by atomic mass is 10.2. The summed E-state index contributed by atoms with van der Waals surface area (Å²) in [4.78, 5) is 0. The molecule has 0 saturated heterocycles. The van der Waals surface area contributed by atoms with Crippen LogP contribution in [0.1, 0.15) is 6.42 Å². The van der Waals surface area contributed by atoms with Gasteiger partial charge in [0.1, 0.15) is 0 Å². The molecule has 0 amide bonds. The molecule has 0 bridgehead atoms. The molecule has 0 fully saturated rings. The molecular weight excluding hydrogens is 296 g/mol. The van der Waals surface area contributed by atoms with Gasteiger partial charge >= 0.3 is 0 Å². The van der Waals surface area contributed by atoms with Crippen molar-refractivity contribution in [1.82, 2.24) is 0 Å². The van der Waals surface area contributed by atoms with Crippen molar-refractivity contribution in [3.8, 4) is 6.07 Å². The predicted molar refractivity (Wildman–Crippen MR) is 101 cm³/mol. The van der Waals surface area contributed by atoms with Crippen molar-refractivity contribution in [2.24, 2.45) is 0 Å². The van der Waals surface area contributed by atoms with E-state index < -0.39 is 6.89 Å². The van der Waals surface area contributed by atoms with Crippen LogP contribution in [0.4, 0.5) is 0 Å². The van der Waals surface area contributed by atoms with Crippen LogP contribution in [0, 0.1) is 11.3 Å². The lowest BCUT2D eigenvalue weighted by Crippen LogP contribution is -2.26. The fraction of sp³-hybridized carbons (Fsp3) is 0.0476. The highest BCUT2D eigenvalue weighted by molar-refractivity contribution is 7.94. The van der Waals surface area contributed by atoms with Gasteiger partial charge in [-0.3, -0.25) is 0 Å². The normalized spacial score (nSPS) is 10.7. The van der Waals surface area contributed by atoms with Crippen LogP contribution in [0.3, 0.4) is 0 Å². The van der Waals surface area contributed by atoms with E-state index in [-0.39, 0.29) is 0 Å². The first-order valence-corrected chi connectivity index (χ1v) is 9.50. The van der Waals surface area contributed by atoms with E-state index >= 15 is 0 Å². The molecule has 23 heavy (non-hydrogen) atoms. The number of nitrogens with zero attached hydrogens (tertiary/aromatic N) is 1. The van der Waals surface area contributed by atoms with Crippen LogP contribution in [0.5, 0.6) is 0 Å². The van der Waals surface area contributed by atoms with Crippen LogP contribution < -0.4 is 15.9 Å². The lowest BCUT2D eigenvalue weighted by molar-refractivity contribution is 1.44. The zero-order valence-corrected chi connectivity index (χ0v) is 13.7. The molecule has 0 aromatic heterocycles. The summed E-state index contributed by atoms with van der Waals surface area (Å²) >= 11 is 0. The van der Waals surface area contributed by atoms with Gasteiger partial charge in [0, 0.05) is 0 Å². The summed E-state index contributed by atoms with van der Waals surface area (Å²) in [5.41, 5.74) is 0. The Labute approximate surface area is 137 Å². The summed E-state index contributed by atoms with van der Waals surface area (Å²) in [6, 6.07) is 34.0. The predicted octanol–water partition coefficient (Wildman–Crippen LogP) is 3.70. The average Bonchev–Trinajstić information content (AvgIpc) is 2.65. The van der Waals surface area contributed by atoms with Gasteiger partial charge in [-0.1, -0.05) is 96.8 Å². The topological polar surface area (TPSA) is 23.8 Å². The van der Waals surface area contributed by atoms with E-state index in [1.165, 1.54) is 15.9 Å². The molecule has 0 aliphatic carbocycles. The van der Waals surface area contributed by atoms with E-state index in [9.17, 15) is 5.26 Å². The number of rotatable bonds is 4. The third-order valence-electron chi connectivity index (χ3n) is 3.95. The second-order valence-electron chi connectivity index (χ2n) is 5.27. The highest BCUT2D eigenvalue weighted by Gasteiger charge is 2.24. The Bertz CT molecular complexity index is 743. The molecule has 0 N–H and O–H groups in total. The Morgan fingerprint density at radius 2 is 1.00 bits per heavy atom. The first kappa shape index (κ1) is 15.3. The van der Waals surface area contributed by atoms with Crippen molar-refractivity contribution in [2.45, 2.75) is 6.42 Å². The molecule has 0 unspecified atom stereocenters. The van der Waals surface area contributed by atoms with Gasteiger partial charge in [-0.25, -0.2) is 0 Å². The second kappa shape index (κ2) is 7.14. The van der Waals surface area contributed by atoms with Crippen LogP contribution in [0.15, 0.2) is 91.0 Å². The molecule has 0 atom stereocenters. The van der Waals surface area contributed by atoms with E-state index in [2.05, 4.69) is 84.7 Å². The maximum absolute atomic E-state index is 9.21. The zero-order valence-electron chi connectivity index (χ0n) is 12.8. The standard InChI is InChI=1S/C21H18NP/c22-17-10-18-23(19-11-4-1-5-12-19,20-13-6-2-7-14-20)21-15-8-3-9-16-21/h1-9,11-16,18H,10H2/i17-1. The average molecular weight is 314 g/mol. The maximum atomic E-state index is 9.21. The maximum Gasteiger partial charge on any atom is 0.0664 e. The van der Waals surface area contributed by atoms with Gasteiger partial charge in [0.25, 0.3) is 0 Å². The van der Waals surface area contributed by atoms with Crippen LogP contribution in [0.25, 0.3) is 0 Å². The van der Waals surface area contributed by atoms with E-state index in [0.717, 1.165) is 0 Å². The van der Waals surface area contributed by atoms with Crippen molar-refractivity contribution in [3.63, 3.8) is 0 Å². The number of hydrogen-bond acceptors (Lipinski definition) is 1. The molecular formula is C21H18NP. The number of nitriles is 1. The van der Waals surface area contributed by atoms with Crippen LogP contribution in [-0.2, 0) is 0 Å². The molecule has 1 nitrogen and oxygen atoms in total. The summed E-state index contributed by atoms with van der Waals surface area (Å²) in [6.45, 7) is -1.92. The fourth-order valence-corrected chi connectivity index (χ4v) is 6.74. The lowest BCUT2D eigenvalue weighted by Gasteiger charge is -2.28. The summed E-state index contributed by atoms with van der Waals surface area (Å²) in [6.07, 6.45) is 0.437. The molecule has 0 heterocycles. The van der Waals surface area contributed by atoms with Crippen molar-refractivity contribution in [1.29, 1.82) is 5.26 Å². The SMILES string of the molecule is N#[11C]CC=P(c1ccccc1)(c1ccccc1)c1ccccc1. The summed E-state index contributed by atoms with van der Waals surface area (Å²) < 4.78 is 0. The third-order valence-corrected chi connectivity index (χ3v) is 8.02. The van der Waals surface area contributed by atoms with E-state index in [1.54, 1.807) is 0 Å².